The summed E-state index contributed by atoms with van der Waals surface area (Å²) >= 11 is 2.98. The molecule has 0 N–H and O–H groups in total. The van der Waals surface area contributed by atoms with Crippen LogP contribution in [0.3, 0.4) is 0 Å². The molecule has 0 atom stereocenters. The molecule has 0 spiro atoms. The molecule has 152 valence electrons. The lowest BCUT2D eigenvalue weighted by molar-refractivity contribution is -0.119. The van der Waals surface area contributed by atoms with E-state index in [2.05, 4.69) is 4.98 Å². The van der Waals surface area contributed by atoms with E-state index in [9.17, 15) is 9.59 Å². The number of nitrogens with zero attached hydrogens (tertiary/aromatic N) is 3. The van der Waals surface area contributed by atoms with E-state index in [4.69, 9.17) is 9.47 Å². The van der Waals surface area contributed by atoms with Gasteiger partial charge in [0.05, 0.1) is 18.3 Å². The van der Waals surface area contributed by atoms with Gasteiger partial charge in [0.15, 0.2) is 11.5 Å². The third-order valence-corrected chi connectivity index (χ3v) is 6.47. The standard InChI is InChI=1S/C21H17N3O4S2/c25-19(12-23-13-22-20-16(21(23)26)5-9-30-20)24(11-15-2-1-8-29-15)14-3-4-17-18(10-14)28-7-6-27-17/h1-5,8-10,13H,6-7,11-12H2. The summed E-state index contributed by atoms with van der Waals surface area (Å²) in [5.41, 5.74) is 0.475. The number of fused-ring (bicyclic) bond motifs is 2. The predicted molar refractivity (Wildman–Crippen MR) is 117 cm³/mol. The Morgan fingerprint density at radius 1 is 1.10 bits per heavy atom. The Labute approximate surface area is 179 Å². The van der Waals surface area contributed by atoms with Gasteiger partial charge in [0.1, 0.15) is 24.6 Å². The van der Waals surface area contributed by atoms with Crippen molar-refractivity contribution >= 4 is 44.5 Å². The van der Waals surface area contributed by atoms with Gasteiger partial charge in [0, 0.05) is 16.6 Å². The van der Waals surface area contributed by atoms with E-state index in [0.29, 0.717) is 47.2 Å². The van der Waals surface area contributed by atoms with Crippen molar-refractivity contribution < 1.29 is 14.3 Å². The fourth-order valence-electron chi connectivity index (χ4n) is 3.32. The molecular formula is C21H17N3O4S2. The molecule has 0 bridgehead atoms. The number of benzene rings is 1. The van der Waals surface area contributed by atoms with Crippen molar-refractivity contribution in [3.05, 3.63) is 68.7 Å². The van der Waals surface area contributed by atoms with Crippen LogP contribution in [-0.4, -0.2) is 28.7 Å². The fourth-order valence-corrected chi connectivity index (χ4v) is 4.73. The van der Waals surface area contributed by atoms with E-state index < -0.39 is 0 Å². The molecular weight excluding hydrogens is 422 g/mol. The first-order chi connectivity index (χ1) is 14.7. The van der Waals surface area contributed by atoms with Gasteiger partial charge in [0.25, 0.3) is 5.56 Å². The SMILES string of the molecule is O=C(Cn1cnc2sccc2c1=O)N(Cc1cccs1)c1ccc2c(c1)OCCO2. The number of carbonyl (C=O) groups is 1. The van der Waals surface area contributed by atoms with Crippen molar-refractivity contribution in [2.75, 3.05) is 18.1 Å². The Kier molecular flexibility index (Phi) is 4.97. The van der Waals surface area contributed by atoms with Crippen LogP contribution in [0.4, 0.5) is 5.69 Å². The van der Waals surface area contributed by atoms with E-state index in [1.807, 2.05) is 41.1 Å². The molecule has 1 aliphatic rings. The number of ether oxygens (including phenoxy) is 2. The zero-order valence-corrected chi connectivity index (χ0v) is 17.4. The molecule has 0 unspecified atom stereocenters. The van der Waals surface area contributed by atoms with Crippen LogP contribution in [0.1, 0.15) is 4.88 Å². The van der Waals surface area contributed by atoms with Crippen LogP contribution in [0.25, 0.3) is 10.2 Å². The number of hydrogen-bond donors (Lipinski definition) is 0. The molecule has 0 saturated carbocycles. The highest BCUT2D eigenvalue weighted by atomic mass is 32.1. The van der Waals surface area contributed by atoms with E-state index in [1.54, 1.807) is 22.3 Å². The van der Waals surface area contributed by atoms with Crippen LogP contribution in [0.5, 0.6) is 11.5 Å². The average molecular weight is 440 g/mol. The van der Waals surface area contributed by atoms with E-state index in [1.165, 1.54) is 22.2 Å². The number of anilines is 1. The lowest BCUT2D eigenvalue weighted by Crippen LogP contribution is -2.36. The van der Waals surface area contributed by atoms with Gasteiger partial charge in [-0.1, -0.05) is 6.07 Å². The Balaban J connectivity index is 1.48. The Morgan fingerprint density at radius 2 is 1.97 bits per heavy atom. The molecule has 0 fully saturated rings. The molecule has 4 aromatic rings. The molecule has 0 radical (unpaired) electrons. The number of carbonyl (C=O) groups excluding carboxylic acids is 1. The number of thiophene rings is 2. The summed E-state index contributed by atoms with van der Waals surface area (Å²) < 4.78 is 12.6. The van der Waals surface area contributed by atoms with Crippen LogP contribution in [0.2, 0.25) is 0 Å². The van der Waals surface area contributed by atoms with Gasteiger partial charge in [-0.2, -0.15) is 0 Å². The van der Waals surface area contributed by atoms with Gasteiger partial charge in [-0.15, -0.1) is 22.7 Å². The smallest absolute Gasteiger partial charge is 0.262 e. The molecule has 1 aliphatic heterocycles. The molecule has 0 aliphatic carbocycles. The van der Waals surface area contributed by atoms with Gasteiger partial charge in [-0.3, -0.25) is 14.2 Å². The van der Waals surface area contributed by atoms with E-state index in [-0.39, 0.29) is 18.0 Å². The van der Waals surface area contributed by atoms with Crippen molar-refractivity contribution in [1.82, 2.24) is 9.55 Å². The van der Waals surface area contributed by atoms with Gasteiger partial charge in [0.2, 0.25) is 5.91 Å². The maximum Gasteiger partial charge on any atom is 0.262 e. The van der Waals surface area contributed by atoms with Crippen LogP contribution in [0, 0.1) is 0 Å². The summed E-state index contributed by atoms with van der Waals surface area (Å²) in [6, 6.07) is 11.1. The van der Waals surface area contributed by atoms with Crippen molar-refractivity contribution in [2.45, 2.75) is 13.1 Å². The molecule has 0 saturated heterocycles. The zero-order chi connectivity index (χ0) is 20.5. The fraction of sp³-hybridized carbons (Fsp3) is 0.190. The second kappa shape index (κ2) is 7.92. The number of aromatic nitrogens is 2. The predicted octanol–water partition coefficient (Wildman–Crippen LogP) is 3.52. The molecule has 30 heavy (non-hydrogen) atoms. The van der Waals surface area contributed by atoms with Crippen molar-refractivity contribution in [1.29, 1.82) is 0 Å². The summed E-state index contributed by atoms with van der Waals surface area (Å²) in [6.45, 7) is 1.28. The zero-order valence-electron chi connectivity index (χ0n) is 15.8. The highest BCUT2D eigenvalue weighted by Crippen LogP contribution is 2.34. The van der Waals surface area contributed by atoms with Crippen LogP contribution in [0.15, 0.2) is 58.3 Å². The number of rotatable bonds is 5. The molecule has 7 nitrogen and oxygen atoms in total. The van der Waals surface area contributed by atoms with Gasteiger partial charge in [-0.05, 0) is 35.0 Å². The lowest BCUT2D eigenvalue weighted by Gasteiger charge is -2.25. The third-order valence-electron chi connectivity index (χ3n) is 4.79. The van der Waals surface area contributed by atoms with Crippen molar-refractivity contribution in [3.63, 3.8) is 0 Å². The van der Waals surface area contributed by atoms with Crippen LogP contribution in [-0.2, 0) is 17.9 Å². The summed E-state index contributed by atoms with van der Waals surface area (Å²) in [6.07, 6.45) is 1.44. The largest absolute Gasteiger partial charge is 0.486 e. The molecule has 4 heterocycles. The topological polar surface area (TPSA) is 73.7 Å². The van der Waals surface area contributed by atoms with E-state index in [0.717, 1.165) is 4.88 Å². The van der Waals surface area contributed by atoms with Crippen LogP contribution < -0.4 is 19.9 Å². The minimum absolute atomic E-state index is 0.0998. The van der Waals surface area contributed by atoms with Gasteiger partial charge >= 0.3 is 0 Å². The van der Waals surface area contributed by atoms with Crippen molar-refractivity contribution in [2.24, 2.45) is 0 Å². The average Bonchev–Trinajstić information content (AvgIpc) is 3.46. The van der Waals surface area contributed by atoms with Gasteiger partial charge < -0.3 is 14.4 Å². The summed E-state index contributed by atoms with van der Waals surface area (Å²) in [5.74, 6) is 1.07. The van der Waals surface area contributed by atoms with Crippen LogP contribution >= 0.6 is 22.7 Å². The highest BCUT2D eigenvalue weighted by molar-refractivity contribution is 7.16. The maximum absolute atomic E-state index is 13.3. The highest BCUT2D eigenvalue weighted by Gasteiger charge is 2.21. The first-order valence-electron chi connectivity index (χ1n) is 9.34. The van der Waals surface area contributed by atoms with Crippen molar-refractivity contribution in [3.8, 4) is 11.5 Å². The second-order valence-corrected chi connectivity index (χ2v) is 8.63. The first kappa shape index (κ1) is 18.8. The minimum Gasteiger partial charge on any atom is -0.486 e. The minimum atomic E-state index is -0.215. The molecule has 3 aromatic heterocycles. The Hall–Kier alpha value is -3.17. The quantitative estimate of drug-likeness (QED) is 0.476. The van der Waals surface area contributed by atoms with Gasteiger partial charge in [-0.25, -0.2) is 4.98 Å². The Bertz CT molecular complexity index is 1260. The normalized spacial score (nSPS) is 12.8. The maximum atomic E-state index is 13.3. The third kappa shape index (κ3) is 3.57. The summed E-state index contributed by atoms with van der Waals surface area (Å²) in [4.78, 5) is 33.7. The molecule has 1 aromatic carbocycles. The van der Waals surface area contributed by atoms with E-state index >= 15 is 0 Å². The number of hydrogen-bond acceptors (Lipinski definition) is 7. The molecule has 1 amide bonds. The second-order valence-electron chi connectivity index (χ2n) is 6.70. The number of amides is 1. The molecule has 5 rings (SSSR count). The lowest BCUT2D eigenvalue weighted by atomic mass is 10.2. The first-order valence-corrected chi connectivity index (χ1v) is 11.1. The Morgan fingerprint density at radius 3 is 2.80 bits per heavy atom. The monoisotopic (exact) mass is 439 g/mol. The summed E-state index contributed by atoms with van der Waals surface area (Å²) in [5, 5.41) is 4.32. The summed E-state index contributed by atoms with van der Waals surface area (Å²) in [7, 11) is 0. The molecule has 9 heteroatoms.